The number of carboxylic acids is 1. The standard InChI is InChI=1S/C14H17BrN2O3/c1-2-14(13(19)20)6-7-17(8-14)10-5-3-4-9(15)11(10)12(16)18/h3-5H,2,6-8H2,1H3,(H2,16,18)(H,19,20). The number of carbonyl (C=O) groups excluding carboxylic acids is 1. The summed E-state index contributed by atoms with van der Waals surface area (Å²) >= 11 is 3.33. The summed E-state index contributed by atoms with van der Waals surface area (Å²) in [6, 6.07) is 5.38. The Kier molecular flexibility index (Phi) is 4.04. The third-order valence-corrected chi connectivity index (χ3v) is 4.72. The average Bonchev–Trinajstić information content (AvgIpc) is 2.83. The van der Waals surface area contributed by atoms with Gasteiger partial charge in [0.15, 0.2) is 0 Å². The molecule has 1 aliphatic rings. The second kappa shape index (κ2) is 5.44. The van der Waals surface area contributed by atoms with Crippen molar-refractivity contribution in [3.05, 3.63) is 28.2 Å². The number of halogens is 1. The zero-order valence-electron chi connectivity index (χ0n) is 11.2. The van der Waals surface area contributed by atoms with E-state index in [1.807, 2.05) is 17.9 Å². The van der Waals surface area contributed by atoms with E-state index in [-0.39, 0.29) is 0 Å². The summed E-state index contributed by atoms with van der Waals surface area (Å²) in [5.41, 5.74) is 5.80. The van der Waals surface area contributed by atoms with Crippen molar-refractivity contribution in [2.24, 2.45) is 11.1 Å². The van der Waals surface area contributed by atoms with Crippen LogP contribution in [0.1, 0.15) is 30.1 Å². The molecule has 0 saturated carbocycles. The second-order valence-corrected chi connectivity index (χ2v) is 5.96. The summed E-state index contributed by atoms with van der Waals surface area (Å²) in [7, 11) is 0. The molecule has 6 heteroatoms. The van der Waals surface area contributed by atoms with Crippen LogP contribution in [0.25, 0.3) is 0 Å². The number of hydrogen-bond acceptors (Lipinski definition) is 3. The number of nitrogens with zero attached hydrogens (tertiary/aromatic N) is 1. The molecule has 108 valence electrons. The van der Waals surface area contributed by atoms with Gasteiger partial charge in [0, 0.05) is 17.6 Å². The highest BCUT2D eigenvalue weighted by atomic mass is 79.9. The van der Waals surface area contributed by atoms with Crippen molar-refractivity contribution < 1.29 is 14.7 Å². The lowest BCUT2D eigenvalue weighted by Crippen LogP contribution is -2.34. The van der Waals surface area contributed by atoms with Gasteiger partial charge >= 0.3 is 5.97 Å². The molecule has 1 heterocycles. The van der Waals surface area contributed by atoms with Crippen molar-refractivity contribution in [2.45, 2.75) is 19.8 Å². The van der Waals surface area contributed by atoms with Crippen molar-refractivity contribution >= 4 is 33.5 Å². The van der Waals surface area contributed by atoms with Crippen molar-refractivity contribution in [2.75, 3.05) is 18.0 Å². The van der Waals surface area contributed by atoms with Gasteiger partial charge in [0.2, 0.25) is 0 Å². The first kappa shape index (κ1) is 14.8. The summed E-state index contributed by atoms with van der Waals surface area (Å²) in [6.07, 6.45) is 1.14. The zero-order valence-corrected chi connectivity index (χ0v) is 12.8. The summed E-state index contributed by atoms with van der Waals surface area (Å²) in [5.74, 6) is -1.30. The van der Waals surface area contributed by atoms with Gasteiger partial charge in [-0.2, -0.15) is 0 Å². The molecular weight excluding hydrogens is 324 g/mol. The molecule has 0 aromatic heterocycles. The number of primary amides is 1. The first-order valence-corrected chi connectivity index (χ1v) is 7.27. The van der Waals surface area contributed by atoms with Crippen LogP contribution in [-0.2, 0) is 4.79 Å². The summed E-state index contributed by atoms with van der Waals surface area (Å²) in [6.45, 7) is 2.89. The van der Waals surface area contributed by atoms with E-state index in [0.29, 0.717) is 41.7 Å². The third kappa shape index (κ3) is 2.40. The number of hydrogen-bond donors (Lipinski definition) is 2. The van der Waals surface area contributed by atoms with E-state index in [1.165, 1.54) is 0 Å². The minimum atomic E-state index is -0.780. The Morgan fingerprint density at radius 3 is 2.70 bits per heavy atom. The Bertz CT molecular complexity index is 561. The highest BCUT2D eigenvalue weighted by molar-refractivity contribution is 9.10. The molecule has 2 rings (SSSR count). The predicted molar refractivity (Wildman–Crippen MR) is 79.8 cm³/mol. The van der Waals surface area contributed by atoms with Crippen molar-refractivity contribution in [1.82, 2.24) is 0 Å². The van der Waals surface area contributed by atoms with Crippen LogP contribution >= 0.6 is 15.9 Å². The first-order valence-electron chi connectivity index (χ1n) is 6.48. The van der Waals surface area contributed by atoms with Gasteiger partial charge in [-0.3, -0.25) is 9.59 Å². The predicted octanol–water partition coefficient (Wildman–Crippen LogP) is 2.24. The number of nitrogens with two attached hydrogens (primary N) is 1. The molecule has 1 amide bonds. The Morgan fingerprint density at radius 1 is 1.50 bits per heavy atom. The third-order valence-electron chi connectivity index (χ3n) is 4.06. The fraction of sp³-hybridized carbons (Fsp3) is 0.429. The molecule has 1 aromatic carbocycles. The smallest absolute Gasteiger partial charge is 0.311 e. The van der Waals surface area contributed by atoms with E-state index in [4.69, 9.17) is 5.73 Å². The molecule has 20 heavy (non-hydrogen) atoms. The van der Waals surface area contributed by atoms with Gasteiger partial charge in [0.25, 0.3) is 5.91 Å². The molecule has 1 aliphatic heterocycles. The first-order chi connectivity index (χ1) is 9.41. The van der Waals surface area contributed by atoms with Gasteiger partial charge in [0.05, 0.1) is 16.7 Å². The van der Waals surface area contributed by atoms with Gasteiger partial charge in [-0.15, -0.1) is 0 Å². The number of benzene rings is 1. The van der Waals surface area contributed by atoms with Gasteiger partial charge in [-0.05, 0) is 40.9 Å². The molecule has 0 aliphatic carbocycles. The van der Waals surface area contributed by atoms with Crippen LogP contribution < -0.4 is 10.6 Å². The monoisotopic (exact) mass is 340 g/mol. The van der Waals surface area contributed by atoms with Crippen molar-refractivity contribution in [3.8, 4) is 0 Å². The fourth-order valence-electron chi connectivity index (χ4n) is 2.71. The lowest BCUT2D eigenvalue weighted by atomic mass is 9.84. The molecule has 1 aromatic rings. The highest BCUT2D eigenvalue weighted by Gasteiger charge is 2.44. The van der Waals surface area contributed by atoms with E-state index >= 15 is 0 Å². The number of rotatable bonds is 4. The zero-order chi connectivity index (χ0) is 14.9. The van der Waals surface area contributed by atoms with Gasteiger partial charge in [-0.25, -0.2) is 0 Å². The topological polar surface area (TPSA) is 83.6 Å². The van der Waals surface area contributed by atoms with Crippen LogP contribution in [0.5, 0.6) is 0 Å². The van der Waals surface area contributed by atoms with E-state index in [0.717, 1.165) is 0 Å². The van der Waals surface area contributed by atoms with E-state index < -0.39 is 17.3 Å². The Labute approximate surface area is 125 Å². The van der Waals surface area contributed by atoms with Crippen LogP contribution in [0, 0.1) is 5.41 Å². The Morgan fingerprint density at radius 2 is 2.20 bits per heavy atom. The number of anilines is 1. The Hall–Kier alpha value is -1.56. The molecule has 0 spiro atoms. The molecule has 0 bridgehead atoms. The summed E-state index contributed by atoms with van der Waals surface area (Å²) in [4.78, 5) is 25.0. The van der Waals surface area contributed by atoms with Crippen molar-refractivity contribution in [1.29, 1.82) is 0 Å². The van der Waals surface area contributed by atoms with Crippen LogP contribution in [-0.4, -0.2) is 30.1 Å². The number of amides is 1. The molecule has 3 N–H and O–H groups in total. The number of carboxylic acid groups (broad SMARTS) is 1. The van der Waals surface area contributed by atoms with Crippen LogP contribution in [0.3, 0.4) is 0 Å². The summed E-state index contributed by atoms with van der Waals surface area (Å²) in [5, 5.41) is 9.43. The van der Waals surface area contributed by atoms with Crippen LogP contribution in [0.4, 0.5) is 5.69 Å². The minimum Gasteiger partial charge on any atom is -0.481 e. The lowest BCUT2D eigenvalue weighted by molar-refractivity contribution is -0.147. The average molecular weight is 341 g/mol. The highest BCUT2D eigenvalue weighted by Crippen LogP contribution is 2.38. The maximum absolute atomic E-state index is 11.6. The quantitative estimate of drug-likeness (QED) is 0.880. The molecule has 1 atom stereocenters. The minimum absolute atomic E-state index is 0.398. The normalized spacial score (nSPS) is 22.0. The summed E-state index contributed by atoms with van der Waals surface area (Å²) < 4.78 is 0.631. The van der Waals surface area contributed by atoms with E-state index in [2.05, 4.69) is 15.9 Å². The maximum atomic E-state index is 11.6. The fourth-order valence-corrected chi connectivity index (χ4v) is 3.26. The SMILES string of the molecule is CCC1(C(=O)O)CCN(c2cccc(Br)c2C(N)=O)C1. The van der Waals surface area contributed by atoms with Gasteiger partial charge in [-0.1, -0.05) is 13.0 Å². The van der Waals surface area contributed by atoms with Crippen LogP contribution in [0.15, 0.2) is 22.7 Å². The van der Waals surface area contributed by atoms with Gasteiger partial charge in [0.1, 0.15) is 0 Å². The molecular formula is C14H17BrN2O3. The number of aliphatic carboxylic acids is 1. The van der Waals surface area contributed by atoms with Gasteiger partial charge < -0.3 is 15.7 Å². The van der Waals surface area contributed by atoms with E-state index in [1.54, 1.807) is 12.1 Å². The molecule has 1 unspecified atom stereocenters. The van der Waals surface area contributed by atoms with Crippen LogP contribution in [0.2, 0.25) is 0 Å². The number of carbonyl (C=O) groups is 2. The molecule has 1 fully saturated rings. The maximum Gasteiger partial charge on any atom is 0.311 e. The second-order valence-electron chi connectivity index (χ2n) is 5.11. The Balaban J connectivity index is 2.38. The lowest BCUT2D eigenvalue weighted by Gasteiger charge is -2.25. The van der Waals surface area contributed by atoms with Crippen molar-refractivity contribution in [3.63, 3.8) is 0 Å². The molecule has 0 radical (unpaired) electrons. The molecule has 1 saturated heterocycles. The molecule has 5 nitrogen and oxygen atoms in total. The largest absolute Gasteiger partial charge is 0.481 e. The van der Waals surface area contributed by atoms with E-state index in [9.17, 15) is 14.7 Å².